The number of hydrogen-bond acceptors (Lipinski definition) is 4. The van der Waals surface area contributed by atoms with Crippen molar-refractivity contribution in [2.75, 3.05) is 25.5 Å². The quantitative estimate of drug-likeness (QED) is 0.537. The molecule has 1 saturated heterocycles. The molecule has 1 saturated carbocycles. The molecule has 5 nitrogen and oxygen atoms in total. The van der Waals surface area contributed by atoms with Crippen molar-refractivity contribution in [3.8, 4) is 11.1 Å². The van der Waals surface area contributed by atoms with Gasteiger partial charge in [0.1, 0.15) is 16.6 Å². The third kappa shape index (κ3) is 4.19. The molecular formula is C24H30ClN5. The molecule has 0 unspecified atom stereocenters. The predicted octanol–water partition coefficient (Wildman–Crippen LogP) is 5.59. The Bertz CT molecular complexity index is 1000. The Balaban J connectivity index is 1.26. The molecule has 2 fully saturated rings. The van der Waals surface area contributed by atoms with Crippen molar-refractivity contribution in [2.45, 2.75) is 44.6 Å². The zero-order valence-electron chi connectivity index (χ0n) is 17.6. The number of pyridine rings is 2. The maximum absolute atomic E-state index is 6.39. The Morgan fingerprint density at radius 2 is 1.83 bits per heavy atom. The highest BCUT2D eigenvalue weighted by Gasteiger charge is 2.29. The van der Waals surface area contributed by atoms with Crippen LogP contribution in [-0.4, -0.2) is 46.0 Å². The summed E-state index contributed by atoms with van der Waals surface area (Å²) in [6.45, 7) is 2.53. The van der Waals surface area contributed by atoms with Crippen molar-refractivity contribution >= 4 is 28.5 Å². The number of piperidine rings is 1. The van der Waals surface area contributed by atoms with E-state index in [0.29, 0.717) is 11.2 Å². The van der Waals surface area contributed by atoms with Gasteiger partial charge in [-0.1, -0.05) is 11.6 Å². The number of anilines is 1. The van der Waals surface area contributed by atoms with Crippen molar-refractivity contribution < 1.29 is 0 Å². The number of halogens is 1. The van der Waals surface area contributed by atoms with Gasteiger partial charge in [-0.25, -0.2) is 9.97 Å². The van der Waals surface area contributed by atoms with Crippen molar-refractivity contribution in [3.05, 3.63) is 41.8 Å². The largest absolute Gasteiger partial charge is 0.367 e. The maximum atomic E-state index is 6.39. The van der Waals surface area contributed by atoms with Crippen molar-refractivity contribution in [1.82, 2.24) is 19.9 Å². The highest BCUT2D eigenvalue weighted by molar-refractivity contribution is 6.29. The van der Waals surface area contributed by atoms with Crippen LogP contribution in [0.5, 0.6) is 0 Å². The molecule has 0 aromatic carbocycles. The molecule has 0 spiro atoms. The average Bonchev–Trinajstić information content (AvgIpc) is 3.19. The lowest BCUT2D eigenvalue weighted by atomic mass is 9.74. The third-order valence-corrected chi connectivity index (χ3v) is 7.30. The molecule has 6 heteroatoms. The fourth-order valence-electron chi connectivity index (χ4n) is 5.37. The minimum absolute atomic E-state index is 0.482. The molecule has 2 aliphatic rings. The van der Waals surface area contributed by atoms with E-state index in [4.69, 9.17) is 11.6 Å². The Labute approximate surface area is 183 Å². The van der Waals surface area contributed by atoms with Gasteiger partial charge in [0.25, 0.3) is 0 Å². The van der Waals surface area contributed by atoms with E-state index in [-0.39, 0.29) is 0 Å². The van der Waals surface area contributed by atoms with E-state index < -0.39 is 0 Å². The average molecular weight is 424 g/mol. The zero-order valence-corrected chi connectivity index (χ0v) is 18.3. The highest BCUT2D eigenvalue weighted by atomic mass is 35.5. The van der Waals surface area contributed by atoms with Gasteiger partial charge in [0.05, 0.1) is 0 Å². The van der Waals surface area contributed by atoms with Crippen LogP contribution in [0.1, 0.15) is 38.5 Å². The van der Waals surface area contributed by atoms with Crippen LogP contribution in [0.15, 0.2) is 36.7 Å². The summed E-state index contributed by atoms with van der Waals surface area (Å²) in [5.41, 5.74) is 3.07. The normalized spacial score (nSPS) is 23.7. The number of hydrogen-bond donors (Lipinski definition) is 2. The molecule has 0 bridgehead atoms. The van der Waals surface area contributed by atoms with Gasteiger partial charge < -0.3 is 15.2 Å². The Morgan fingerprint density at radius 3 is 2.63 bits per heavy atom. The summed E-state index contributed by atoms with van der Waals surface area (Å²) in [7, 11) is 2.25. The predicted molar refractivity (Wildman–Crippen MR) is 124 cm³/mol. The fraction of sp³-hybridized carbons (Fsp3) is 0.500. The lowest BCUT2D eigenvalue weighted by molar-refractivity contribution is 0.142. The number of rotatable bonds is 4. The summed E-state index contributed by atoms with van der Waals surface area (Å²) in [6, 6.07) is 8.57. The first-order valence-electron chi connectivity index (χ1n) is 11.2. The van der Waals surface area contributed by atoms with Gasteiger partial charge in [0.15, 0.2) is 0 Å². The first-order valence-corrected chi connectivity index (χ1v) is 11.6. The van der Waals surface area contributed by atoms with Gasteiger partial charge in [-0.05, 0) is 100 Å². The Morgan fingerprint density at radius 1 is 1.07 bits per heavy atom. The first-order chi connectivity index (χ1) is 14.7. The van der Waals surface area contributed by atoms with Crippen molar-refractivity contribution in [3.63, 3.8) is 0 Å². The molecule has 1 aliphatic heterocycles. The second-order valence-electron chi connectivity index (χ2n) is 9.06. The molecule has 1 aliphatic carbocycles. The van der Waals surface area contributed by atoms with E-state index >= 15 is 0 Å². The lowest BCUT2D eigenvalue weighted by Crippen LogP contribution is -2.36. The van der Waals surface area contributed by atoms with Gasteiger partial charge in [0.2, 0.25) is 0 Å². The molecular weight excluding hydrogens is 394 g/mol. The number of aromatic nitrogens is 3. The Kier molecular flexibility index (Phi) is 5.66. The molecule has 4 heterocycles. The topological polar surface area (TPSA) is 56.8 Å². The van der Waals surface area contributed by atoms with Crippen LogP contribution in [0.25, 0.3) is 22.2 Å². The third-order valence-electron chi connectivity index (χ3n) is 7.11. The molecule has 0 atom stereocenters. The monoisotopic (exact) mass is 423 g/mol. The standard InChI is InChI=1S/C24H30ClN5/c1-30-11-8-17(9-12-30)16-4-6-19(7-5-16)28-23-14-18(13-22(25)29-23)21-15-27-24-20(21)3-2-10-26-24/h2-3,10,13-17,19H,4-9,11-12H2,1H3,(H,26,27)(H,28,29). The minimum atomic E-state index is 0.482. The molecule has 5 rings (SSSR count). The van der Waals surface area contributed by atoms with Gasteiger partial charge in [-0.2, -0.15) is 0 Å². The molecule has 30 heavy (non-hydrogen) atoms. The minimum Gasteiger partial charge on any atom is -0.367 e. The second kappa shape index (κ2) is 8.56. The number of H-pyrrole nitrogens is 1. The molecule has 3 aromatic heterocycles. The number of aromatic amines is 1. The van der Waals surface area contributed by atoms with E-state index in [2.05, 4.69) is 44.3 Å². The fourth-order valence-corrected chi connectivity index (χ4v) is 5.57. The van der Waals surface area contributed by atoms with Crippen LogP contribution in [0.2, 0.25) is 5.15 Å². The molecule has 3 aromatic rings. The summed E-state index contributed by atoms with van der Waals surface area (Å²) in [5.74, 6) is 2.70. The highest BCUT2D eigenvalue weighted by Crippen LogP contribution is 2.37. The zero-order chi connectivity index (χ0) is 20.5. The smallest absolute Gasteiger partial charge is 0.137 e. The van der Waals surface area contributed by atoms with Crippen molar-refractivity contribution in [2.24, 2.45) is 11.8 Å². The van der Waals surface area contributed by atoms with E-state index in [1.54, 1.807) is 6.20 Å². The SMILES string of the molecule is CN1CCC(C2CCC(Nc3cc(-c4c[nH]c5ncccc45)cc(Cl)n3)CC2)CC1. The number of likely N-dealkylation sites (tertiary alicyclic amines) is 1. The number of nitrogens with one attached hydrogen (secondary N) is 2. The van der Waals surface area contributed by atoms with Gasteiger partial charge in [-0.15, -0.1) is 0 Å². The summed E-state index contributed by atoms with van der Waals surface area (Å²) in [4.78, 5) is 14.7. The number of nitrogens with zero attached hydrogens (tertiary/aromatic N) is 3. The van der Waals surface area contributed by atoms with E-state index in [1.165, 1.54) is 51.6 Å². The van der Waals surface area contributed by atoms with E-state index in [1.807, 2.05) is 18.3 Å². The van der Waals surface area contributed by atoms with Crippen LogP contribution < -0.4 is 5.32 Å². The van der Waals surface area contributed by atoms with E-state index in [9.17, 15) is 0 Å². The second-order valence-corrected chi connectivity index (χ2v) is 9.45. The summed E-state index contributed by atoms with van der Waals surface area (Å²) >= 11 is 6.39. The van der Waals surface area contributed by atoms with Gasteiger partial charge in [0, 0.05) is 29.4 Å². The molecule has 158 valence electrons. The molecule has 2 N–H and O–H groups in total. The van der Waals surface area contributed by atoms with E-state index in [0.717, 1.165) is 39.8 Å². The summed E-state index contributed by atoms with van der Waals surface area (Å²) in [6.07, 6.45) is 11.6. The van der Waals surface area contributed by atoms with Crippen LogP contribution in [-0.2, 0) is 0 Å². The summed E-state index contributed by atoms with van der Waals surface area (Å²) in [5, 5.41) is 5.30. The van der Waals surface area contributed by atoms with Crippen LogP contribution in [0, 0.1) is 11.8 Å². The first kappa shape index (κ1) is 19.8. The van der Waals surface area contributed by atoms with Crippen LogP contribution in [0.4, 0.5) is 5.82 Å². The Hall–Kier alpha value is -2.11. The lowest BCUT2D eigenvalue weighted by Gasteiger charge is -2.38. The van der Waals surface area contributed by atoms with Crippen LogP contribution >= 0.6 is 11.6 Å². The summed E-state index contributed by atoms with van der Waals surface area (Å²) < 4.78 is 0. The van der Waals surface area contributed by atoms with Gasteiger partial charge >= 0.3 is 0 Å². The number of fused-ring (bicyclic) bond motifs is 1. The van der Waals surface area contributed by atoms with Crippen molar-refractivity contribution in [1.29, 1.82) is 0 Å². The van der Waals surface area contributed by atoms with Gasteiger partial charge in [-0.3, -0.25) is 0 Å². The van der Waals surface area contributed by atoms with Crippen LogP contribution in [0.3, 0.4) is 0 Å². The molecule has 0 radical (unpaired) electrons. The maximum Gasteiger partial charge on any atom is 0.137 e. The molecule has 0 amide bonds.